The number of piperidine rings is 1. The molecule has 2 aromatic rings. The average Bonchev–Trinajstić information content (AvgIpc) is 2.74. The molecular weight excluding hydrogens is 349 g/mol. The first-order chi connectivity index (χ1) is 13.3. The Balaban J connectivity index is 1.41. The van der Waals surface area contributed by atoms with Crippen molar-refractivity contribution in [2.45, 2.75) is 25.6 Å². The van der Waals surface area contributed by atoms with Crippen molar-refractivity contribution in [2.24, 2.45) is 0 Å². The summed E-state index contributed by atoms with van der Waals surface area (Å²) >= 11 is 0. The second-order valence-electron chi connectivity index (χ2n) is 6.82. The van der Waals surface area contributed by atoms with Crippen LogP contribution < -0.4 is 9.80 Å². The standard InChI is InChI=1S/C19H24FN5O2/c20-17-12-22-19(23-18(17)24-7-9-26-10-8-24)25-6-2-4-16(13-25)27-14-15-3-1-5-21-11-15/h1,3,5,11-12,16H,2,4,6-10,13-14H2/t16-/m1/s1. The van der Waals surface area contributed by atoms with Gasteiger partial charge in [0.15, 0.2) is 11.6 Å². The number of hydrogen-bond acceptors (Lipinski definition) is 7. The van der Waals surface area contributed by atoms with Gasteiger partial charge < -0.3 is 19.3 Å². The maximum absolute atomic E-state index is 14.2. The van der Waals surface area contributed by atoms with Gasteiger partial charge in [-0.3, -0.25) is 4.98 Å². The lowest BCUT2D eigenvalue weighted by Crippen LogP contribution is -2.41. The second-order valence-corrected chi connectivity index (χ2v) is 6.82. The molecule has 27 heavy (non-hydrogen) atoms. The van der Waals surface area contributed by atoms with Gasteiger partial charge in [-0.25, -0.2) is 9.37 Å². The zero-order valence-electron chi connectivity index (χ0n) is 15.3. The van der Waals surface area contributed by atoms with Crippen molar-refractivity contribution in [3.8, 4) is 0 Å². The summed E-state index contributed by atoms with van der Waals surface area (Å²) in [5.41, 5.74) is 1.06. The summed E-state index contributed by atoms with van der Waals surface area (Å²) < 4.78 is 25.6. The third kappa shape index (κ3) is 4.51. The van der Waals surface area contributed by atoms with Crippen LogP contribution in [-0.2, 0) is 16.1 Å². The van der Waals surface area contributed by atoms with Gasteiger partial charge >= 0.3 is 0 Å². The van der Waals surface area contributed by atoms with E-state index in [-0.39, 0.29) is 11.9 Å². The van der Waals surface area contributed by atoms with Crippen LogP contribution in [0.2, 0.25) is 0 Å². The van der Waals surface area contributed by atoms with Crippen molar-refractivity contribution in [2.75, 3.05) is 49.2 Å². The number of ether oxygens (including phenoxy) is 2. The van der Waals surface area contributed by atoms with Crippen molar-refractivity contribution in [1.29, 1.82) is 0 Å². The summed E-state index contributed by atoms with van der Waals surface area (Å²) in [7, 11) is 0. The molecular formula is C19H24FN5O2. The molecule has 0 saturated carbocycles. The van der Waals surface area contributed by atoms with E-state index in [1.165, 1.54) is 6.20 Å². The molecule has 2 fully saturated rings. The van der Waals surface area contributed by atoms with Gasteiger partial charge in [-0.15, -0.1) is 0 Å². The molecule has 0 N–H and O–H groups in total. The van der Waals surface area contributed by atoms with Crippen molar-refractivity contribution >= 4 is 11.8 Å². The molecule has 0 unspecified atom stereocenters. The molecule has 8 heteroatoms. The molecule has 2 aliphatic rings. The zero-order valence-corrected chi connectivity index (χ0v) is 15.3. The Bertz CT molecular complexity index is 742. The minimum atomic E-state index is -0.387. The van der Waals surface area contributed by atoms with E-state index in [2.05, 4.69) is 19.9 Å². The normalized spacial score (nSPS) is 20.7. The molecule has 2 saturated heterocycles. The maximum Gasteiger partial charge on any atom is 0.227 e. The van der Waals surface area contributed by atoms with Crippen molar-refractivity contribution < 1.29 is 13.9 Å². The summed E-state index contributed by atoms with van der Waals surface area (Å²) in [5, 5.41) is 0. The van der Waals surface area contributed by atoms with Crippen LogP contribution in [-0.4, -0.2) is 60.4 Å². The number of halogens is 1. The van der Waals surface area contributed by atoms with Crippen LogP contribution in [0.1, 0.15) is 18.4 Å². The van der Waals surface area contributed by atoms with Gasteiger partial charge in [-0.05, 0) is 24.5 Å². The summed E-state index contributed by atoms with van der Waals surface area (Å²) in [5.74, 6) is 0.538. The number of rotatable bonds is 5. The lowest BCUT2D eigenvalue weighted by atomic mass is 10.1. The van der Waals surface area contributed by atoms with E-state index in [1.807, 2.05) is 23.2 Å². The Morgan fingerprint density at radius 1 is 1.19 bits per heavy atom. The molecule has 4 heterocycles. The van der Waals surface area contributed by atoms with Gasteiger partial charge in [-0.2, -0.15) is 4.98 Å². The third-order valence-corrected chi connectivity index (χ3v) is 4.89. The fourth-order valence-electron chi connectivity index (χ4n) is 3.45. The van der Waals surface area contributed by atoms with Crippen molar-refractivity contribution in [3.05, 3.63) is 42.1 Å². The van der Waals surface area contributed by atoms with Crippen LogP contribution in [0.3, 0.4) is 0 Å². The van der Waals surface area contributed by atoms with E-state index in [4.69, 9.17) is 9.47 Å². The van der Waals surface area contributed by atoms with Crippen LogP contribution in [0.15, 0.2) is 30.7 Å². The highest BCUT2D eigenvalue weighted by atomic mass is 19.1. The Morgan fingerprint density at radius 3 is 2.89 bits per heavy atom. The summed E-state index contributed by atoms with van der Waals surface area (Å²) in [6.07, 6.45) is 6.92. The largest absolute Gasteiger partial charge is 0.378 e. The number of pyridine rings is 1. The topological polar surface area (TPSA) is 63.6 Å². The van der Waals surface area contributed by atoms with E-state index in [0.717, 1.165) is 24.9 Å². The van der Waals surface area contributed by atoms with Gasteiger partial charge in [0.05, 0.1) is 32.1 Å². The Hall–Kier alpha value is -2.32. The number of aromatic nitrogens is 3. The van der Waals surface area contributed by atoms with E-state index >= 15 is 0 Å². The van der Waals surface area contributed by atoms with E-state index in [9.17, 15) is 4.39 Å². The van der Waals surface area contributed by atoms with Crippen LogP contribution >= 0.6 is 0 Å². The van der Waals surface area contributed by atoms with Gasteiger partial charge in [-0.1, -0.05) is 6.07 Å². The molecule has 2 aromatic heterocycles. The molecule has 1 atom stereocenters. The lowest BCUT2D eigenvalue weighted by Gasteiger charge is -2.34. The first-order valence-corrected chi connectivity index (χ1v) is 9.40. The smallest absolute Gasteiger partial charge is 0.227 e. The maximum atomic E-state index is 14.2. The Morgan fingerprint density at radius 2 is 2.07 bits per heavy atom. The first-order valence-electron chi connectivity index (χ1n) is 9.40. The SMILES string of the molecule is Fc1cnc(N2CCC[C@@H](OCc3cccnc3)C2)nc1N1CCOCC1. The summed E-state index contributed by atoms with van der Waals surface area (Å²) in [4.78, 5) is 16.9. The fraction of sp³-hybridized carbons (Fsp3) is 0.526. The highest BCUT2D eigenvalue weighted by molar-refractivity contribution is 5.45. The molecule has 144 valence electrons. The molecule has 0 radical (unpaired) electrons. The van der Waals surface area contributed by atoms with Crippen molar-refractivity contribution in [1.82, 2.24) is 15.0 Å². The van der Waals surface area contributed by atoms with Gasteiger partial charge in [0.2, 0.25) is 5.95 Å². The number of morpholine rings is 1. The van der Waals surface area contributed by atoms with Gasteiger partial charge in [0.1, 0.15) is 0 Å². The lowest BCUT2D eigenvalue weighted by molar-refractivity contribution is 0.0311. The second kappa shape index (κ2) is 8.58. The highest BCUT2D eigenvalue weighted by Gasteiger charge is 2.25. The van der Waals surface area contributed by atoms with E-state index in [1.54, 1.807) is 6.20 Å². The zero-order chi connectivity index (χ0) is 18.5. The highest BCUT2D eigenvalue weighted by Crippen LogP contribution is 2.23. The average molecular weight is 373 g/mol. The predicted octanol–water partition coefficient (Wildman–Crippen LogP) is 2.03. The van der Waals surface area contributed by atoms with Gasteiger partial charge in [0.25, 0.3) is 0 Å². The summed E-state index contributed by atoms with van der Waals surface area (Å²) in [6.45, 7) is 4.55. The Labute approximate surface area is 158 Å². The quantitative estimate of drug-likeness (QED) is 0.795. The monoisotopic (exact) mass is 373 g/mol. The predicted molar refractivity (Wildman–Crippen MR) is 99.3 cm³/mol. The van der Waals surface area contributed by atoms with Crippen LogP contribution in [0.4, 0.5) is 16.2 Å². The van der Waals surface area contributed by atoms with Crippen molar-refractivity contribution in [3.63, 3.8) is 0 Å². The number of hydrogen-bond donors (Lipinski definition) is 0. The number of anilines is 2. The molecule has 0 spiro atoms. The molecule has 4 rings (SSSR count). The molecule has 7 nitrogen and oxygen atoms in total. The first kappa shape index (κ1) is 18.1. The van der Waals surface area contributed by atoms with Gasteiger partial charge in [0, 0.05) is 38.6 Å². The fourth-order valence-corrected chi connectivity index (χ4v) is 3.45. The molecule has 2 aliphatic heterocycles. The van der Waals surface area contributed by atoms with Crippen LogP contribution in [0.5, 0.6) is 0 Å². The Kier molecular flexibility index (Phi) is 5.74. The minimum absolute atomic E-state index is 0.0967. The molecule has 0 amide bonds. The van der Waals surface area contributed by atoms with Crippen LogP contribution in [0, 0.1) is 5.82 Å². The van der Waals surface area contributed by atoms with Crippen LogP contribution in [0.25, 0.3) is 0 Å². The molecule has 0 aliphatic carbocycles. The van der Waals surface area contributed by atoms with E-state index < -0.39 is 0 Å². The van der Waals surface area contributed by atoms with E-state index in [0.29, 0.717) is 51.2 Å². The number of nitrogens with zero attached hydrogens (tertiary/aromatic N) is 5. The summed E-state index contributed by atoms with van der Waals surface area (Å²) in [6, 6.07) is 3.91. The molecule has 0 bridgehead atoms. The molecule has 0 aromatic carbocycles. The minimum Gasteiger partial charge on any atom is -0.378 e. The third-order valence-electron chi connectivity index (χ3n) is 4.89.